The third-order valence-corrected chi connectivity index (χ3v) is 3.16. The van der Waals surface area contributed by atoms with Gasteiger partial charge in [-0.25, -0.2) is 4.98 Å². The van der Waals surface area contributed by atoms with Gasteiger partial charge in [0.1, 0.15) is 5.75 Å². The molecule has 106 valence electrons. The number of aryl methyl sites for hydroxylation is 1. The average Bonchev–Trinajstić information content (AvgIpc) is 2.39. The van der Waals surface area contributed by atoms with Gasteiger partial charge in [-0.2, -0.15) is 0 Å². The molecule has 0 spiro atoms. The monoisotopic (exact) mass is 290 g/mol. The molecule has 1 aromatic heterocycles. The smallest absolute Gasteiger partial charge is 0.219 e. The molecule has 3 nitrogen and oxygen atoms in total. The van der Waals surface area contributed by atoms with E-state index in [1.807, 2.05) is 37.3 Å². The third kappa shape index (κ3) is 4.22. The summed E-state index contributed by atoms with van der Waals surface area (Å²) in [6.45, 7) is 6.92. The Labute approximate surface area is 124 Å². The summed E-state index contributed by atoms with van der Waals surface area (Å²) in [6.07, 6.45) is 1.63. The Hall–Kier alpha value is -1.58. The lowest BCUT2D eigenvalue weighted by Gasteiger charge is -2.11. The Kier molecular flexibility index (Phi) is 4.99. The van der Waals surface area contributed by atoms with Crippen molar-refractivity contribution in [2.75, 3.05) is 0 Å². The van der Waals surface area contributed by atoms with E-state index in [1.165, 1.54) is 0 Å². The highest BCUT2D eigenvalue weighted by Gasteiger charge is 2.06. The lowest BCUT2D eigenvalue weighted by atomic mass is 10.2. The van der Waals surface area contributed by atoms with Crippen molar-refractivity contribution in [3.8, 4) is 11.6 Å². The van der Waals surface area contributed by atoms with Crippen LogP contribution < -0.4 is 10.1 Å². The van der Waals surface area contributed by atoms with Crippen LogP contribution in [0.3, 0.4) is 0 Å². The van der Waals surface area contributed by atoms with Crippen molar-refractivity contribution in [1.29, 1.82) is 0 Å². The molecule has 2 rings (SSSR count). The predicted molar refractivity (Wildman–Crippen MR) is 82.5 cm³/mol. The van der Waals surface area contributed by atoms with Crippen molar-refractivity contribution >= 4 is 11.6 Å². The molecule has 0 aliphatic rings. The number of hydrogen-bond acceptors (Lipinski definition) is 3. The molecule has 1 heterocycles. The summed E-state index contributed by atoms with van der Waals surface area (Å²) in [5.74, 6) is 1.34. The van der Waals surface area contributed by atoms with Crippen LogP contribution in [-0.2, 0) is 6.54 Å². The molecule has 2 aromatic rings. The highest BCUT2D eigenvalue weighted by molar-refractivity contribution is 6.31. The maximum atomic E-state index is 6.15. The van der Waals surface area contributed by atoms with Gasteiger partial charge in [-0.05, 0) is 30.2 Å². The van der Waals surface area contributed by atoms with E-state index in [0.717, 1.165) is 16.9 Å². The van der Waals surface area contributed by atoms with Gasteiger partial charge in [-0.1, -0.05) is 37.6 Å². The number of ether oxygens (including phenoxy) is 1. The number of halogens is 1. The zero-order valence-corrected chi connectivity index (χ0v) is 12.7. The topological polar surface area (TPSA) is 34.1 Å². The Morgan fingerprint density at radius 1 is 1.30 bits per heavy atom. The number of benzene rings is 1. The first-order chi connectivity index (χ1) is 9.54. The van der Waals surface area contributed by atoms with Crippen molar-refractivity contribution in [1.82, 2.24) is 10.3 Å². The third-order valence-electron chi connectivity index (χ3n) is 2.82. The van der Waals surface area contributed by atoms with Crippen molar-refractivity contribution in [2.24, 2.45) is 0 Å². The molecule has 0 amide bonds. The first-order valence-corrected chi connectivity index (χ1v) is 7.04. The quantitative estimate of drug-likeness (QED) is 0.890. The zero-order chi connectivity index (χ0) is 14.5. The van der Waals surface area contributed by atoms with E-state index in [1.54, 1.807) is 6.20 Å². The molecule has 1 aromatic carbocycles. The minimum absolute atomic E-state index is 0.403. The largest absolute Gasteiger partial charge is 0.439 e. The second kappa shape index (κ2) is 6.73. The van der Waals surface area contributed by atoms with Gasteiger partial charge in [-0.15, -0.1) is 0 Å². The maximum absolute atomic E-state index is 6.15. The zero-order valence-electron chi connectivity index (χ0n) is 12.0. The minimum atomic E-state index is 0.403. The molecule has 0 bridgehead atoms. The molecule has 0 unspecified atom stereocenters. The van der Waals surface area contributed by atoms with Crippen LogP contribution in [0.15, 0.2) is 36.5 Å². The van der Waals surface area contributed by atoms with Gasteiger partial charge in [0.25, 0.3) is 0 Å². The Morgan fingerprint density at radius 3 is 2.80 bits per heavy atom. The summed E-state index contributed by atoms with van der Waals surface area (Å²) in [7, 11) is 0. The number of hydrogen-bond donors (Lipinski definition) is 1. The van der Waals surface area contributed by atoms with Crippen molar-refractivity contribution < 1.29 is 4.74 Å². The van der Waals surface area contributed by atoms with E-state index < -0.39 is 0 Å². The fourth-order valence-electron chi connectivity index (χ4n) is 1.76. The molecule has 1 N–H and O–H groups in total. The lowest BCUT2D eigenvalue weighted by molar-refractivity contribution is 0.461. The van der Waals surface area contributed by atoms with Crippen LogP contribution in [0.4, 0.5) is 0 Å². The Balaban J connectivity index is 2.14. The predicted octanol–water partition coefficient (Wildman–Crippen LogP) is 4.33. The molecule has 0 aliphatic heterocycles. The minimum Gasteiger partial charge on any atom is -0.439 e. The highest BCUT2D eigenvalue weighted by atomic mass is 35.5. The van der Waals surface area contributed by atoms with Crippen LogP contribution in [-0.4, -0.2) is 11.0 Å². The van der Waals surface area contributed by atoms with Crippen LogP contribution in [0.1, 0.15) is 25.0 Å². The fraction of sp³-hybridized carbons (Fsp3) is 0.312. The van der Waals surface area contributed by atoms with Crippen LogP contribution in [0.2, 0.25) is 5.02 Å². The van der Waals surface area contributed by atoms with Crippen LogP contribution in [0.25, 0.3) is 0 Å². The summed E-state index contributed by atoms with van der Waals surface area (Å²) in [6, 6.07) is 10.2. The highest BCUT2D eigenvalue weighted by Crippen LogP contribution is 2.24. The van der Waals surface area contributed by atoms with E-state index >= 15 is 0 Å². The molecule has 20 heavy (non-hydrogen) atoms. The molecule has 4 heteroatoms. The Bertz CT molecular complexity index is 584. The molecule has 0 saturated carbocycles. The molecular weight excluding hydrogens is 272 g/mol. The first-order valence-electron chi connectivity index (χ1n) is 6.67. The van der Waals surface area contributed by atoms with E-state index in [0.29, 0.717) is 23.5 Å². The van der Waals surface area contributed by atoms with Crippen molar-refractivity contribution in [2.45, 2.75) is 33.4 Å². The fourth-order valence-corrected chi connectivity index (χ4v) is 1.93. The second-order valence-corrected chi connectivity index (χ2v) is 5.48. The van der Waals surface area contributed by atoms with Gasteiger partial charge < -0.3 is 10.1 Å². The van der Waals surface area contributed by atoms with E-state index in [2.05, 4.69) is 24.1 Å². The summed E-state index contributed by atoms with van der Waals surface area (Å²) >= 11 is 6.15. The number of pyridine rings is 1. The summed E-state index contributed by atoms with van der Waals surface area (Å²) < 4.78 is 5.76. The van der Waals surface area contributed by atoms with E-state index in [-0.39, 0.29) is 0 Å². The number of nitrogens with zero attached hydrogens (tertiary/aromatic N) is 1. The SMILES string of the molecule is Cc1cccc(Oc2cc(CNC(C)C)c(Cl)cn2)c1. The van der Waals surface area contributed by atoms with E-state index in [9.17, 15) is 0 Å². The van der Waals surface area contributed by atoms with Gasteiger partial charge in [0, 0.05) is 24.8 Å². The standard InChI is InChI=1S/C16H19ClN2O/c1-11(2)18-9-13-8-16(19-10-15(13)17)20-14-6-4-5-12(3)7-14/h4-8,10-11,18H,9H2,1-3H3. The van der Waals surface area contributed by atoms with Gasteiger partial charge in [0.05, 0.1) is 5.02 Å². The average molecular weight is 291 g/mol. The molecule has 0 atom stereocenters. The molecule has 0 saturated heterocycles. The normalized spacial score (nSPS) is 10.8. The van der Waals surface area contributed by atoms with E-state index in [4.69, 9.17) is 16.3 Å². The van der Waals surface area contributed by atoms with Gasteiger partial charge in [-0.3, -0.25) is 0 Å². The van der Waals surface area contributed by atoms with Crippen LogP contribution >= 0.6 is 11.6 Å². The van der Waals surface area contributed by atoms with Gasteiger partial charge in [0.2, 0.25) is 5.88 Å². The number of rotatable bonds is 5. The van der Waals surface area contributed by atoms with Crippen molar-refractivity contribution in [3.05, 3.63) is 52.7 Å². The van der Waals surface area contributed by atoms with Crippen LogP contribution in [0, 0.1) is 6.92 Å². The first kappa shape index (κ1) is 14.8. The number of nitrogens with one attached hydrogen (secondary N) is 1. The summed E-state index contributed by atoms with van der Waals surface area (Å²) in [4.78, 5) is 4.21. The molecular formula is C16H19ClN2O. The Morgan fingerprint density at radius 2 is 2.10 bits per heavy atom. The van der Waals surface area contributed by atoms with Crippen molar-refractivity contribution in [3.63, 3.8) is 0 Å². The maximum Gasteiger partial charge on any atom is 0.219 e. The molecule has 0 fully saturated rings. The summed E-state index contributed by atoms with van der Waals surface area (Å²) in [5.41, 5.74) is 2.14. The summed E-state index contributed by atoms with van der Waals surface area (Å²) in [5, 5.41) is 3.98. The van der Waals surface area contributed by atoms with Gasteiger partial charge in [0.15, 0.2) is 0 Å². The number of aromatic nitrogens is 1. The van der Waals surface area contributed by atoms with Crippen LogP contribution in [0.5, 0.6) is 11.6 Å². The van der Waals surface area contributed by atoms with Gasteiger partial charge >= 0.3 is 0 Å². The molecule has 0 radical (unpaired) electrons. The lowest BCUT2D eigenvalue weighted by Crippen LogP contribution is -2.22. The molecule has 0 aliphatic carbocycles. The second-order valence-electron chi connectivity index (χ2n) is 5.07.